The number of thiazole rings is 1. The molecule has 3 nitrogen and oxygen atoms in total. The quantitative estimate of drug-likeness (QED) is 0.827. The molecule has 0 aliphatic heterocycles. The van der Waals surface area contributed by atoms with Gasteiger partial charge in [0.25, 0.3) is 0 Å². The van der Waals surface area contributed by atoms with E-state index in [4.69, 9.17) is 23.2 Å². The predicted molar refractivity (Wildman–Crippen MR) is 77.0 cm³/mol. The van der Waals surface area contributed by atoms with Crippen LogP contribution < -0.4 is 5.32 Å². The third kappa shape index (κ3) is 2.88. The number of aromatic nitrogens is 1. The van der Waals surface area contributed by atoms with Gasteiger partial charge in [-0.05, 0) is 26.0 Å². The van der Waals surface area contributed by atoms with Crippen molar-refractivity contribution in [2.75, 3.05) is 5.32 Å². The molecular formula is C12H12Cl2N2OS. The minimum absolute atomic E-state index is 0.0892. The average molecular weight is 303 g/mol. The molecule has 0 aliphatic rings. The largest absolute Gasteiger partial charge is 0.505 e. The Morgan fingerprint density at radius 3 is 2.39 bits per heavy atom. The fraction of sp³-hybridized carbons (Fsp3) is 0.250. The van der Waals surface area contributed by atoms with E-state index in [9.17, 15) is 5.11 Å². The number of hydrogen-bond acceptors (Lipinski definition) is 4. The van der Waals surface area contributed by atoms with Crippen molar-refractivity contribution < 1.29 is 5.11 Å². The summed E-state index contributed by atoms with van der Waals surface area (Å²) in [5, 5.41) is 14.2. The summed E-state index contributed by atoms with van der Waals surface area (Å²) in [6, 6.07) is 3.29. The molecule has 0 atom stereocenters. The van der Waals surface area contributed by atoms with Gasteiger partial charge >= 0.3 is 0 Å². The molecule has 1 aromatic carbocycles. The molecule has 18 heavy (non-hydrogen) atoms. The number of aromatic hydroxyl groups is 1. The number of halogens is 2. The highest BCUT2D eigenvalue weighted by atomic mass is 35.5. The molecule has 0 amide bonds. The lowest BCUT2D eigenvalue weighted by atomic mass is 10.3. The summed E-state index contributed by atoms with van der Waals surface area (Å²) in [5.41, 5.74) is 1.80. The van der Waals surface area contributed by atoms with Crippen LogP contribution in [0.5, 0.6) is 5.75 Å². The van der Waals surface area contributed by atoms with E-state index >= 15 is 0 Å². The van der Waals surface area contributed by atoms with E-state index in [0.29, 0.717) is 6.54 Å². The van der Waals surface area contributed by atoms with Gasteiger partial charge in [0.1, 0.15) is 0 Å². The lowest BCUT2D eigenvalue weighted by Crippen LogP contribution is -1.99. The van der Waals surface area contributed by atoms with E-state index in [-0.39, 0.29) is 15.8 Å². The Bertz CT molecular complexity index is 560. The number of hydrogen-bond donors (Lipinski definition) is 2. The summed E-state index contributed by atoms with van der Waals surface area (Å²) in [5.74, 6) is -0.0892. The highest BCUT2D eigenvalue weighted by molar-refractivity contribution is 7.11. The Labute approximate surface area is 119 Å². The van der Waals surface area contributed by atoms with Gasteiger partial charge in [0, 0.05) is 10.6 Å². The van der Waals surface area contributed by atoms with Crippen LogP contribution in [0, 0.1) is 13.8 Å². The van der Waals surface area contributed by atoms with Gasteiger partial charge in [-0.3, -0.25) is 0 Å². The summed E-state index contributed by atoms with van der Waals surface area (Å²) in [6.07, 6.45) is 0. The fourth-order valence-corrected chi connectivity index (χ4v) is 2.95. The molecule has 1 heterocycles. The zero-order chi connectivity index (χ0) is 13.3. The van der Waals surface area contributed by atoms with Crippen LogP contribution in [-0.4, -0.2) is 10.1 Å². The third-order valence-corrected chi connectivity index (χ3v) is 4.12. The van der Waals surface area contributed by atoms with E-state index < -0.39 is 0 Å². The molecule has 96 valence electrons. The van der Waals surface area contributed by atoms with Crippen LogP contribution in [0.2, 0.25) is 10.0 Å². The second kappa shape index (κ2) is 5.34. The first-order valence-corrected chi connectivity index (χ1v) is 6.89. The van der Waals surface area contributed by atoms with Crippen LogP contribution in [0.25, 0.3) is 0 Å². The van der Waals surface area contributed by atoms with Gasteiger partial charge in [0.05, 0.1) is 27.3 Å². The van der Waals surface area contributed by atoms with Gasteiger partial charge in [0.15, 0.2) is 5.75 Å². The van der Waals surface area contributed by atoms with Gasteiger partial charge in [-0.15, -0.1) is 11.3 Å². The minimum Gasteiger partial charge on any atom is -0.505 e. The number of benzene rings is 1. The summed E-state index contributed by atoms with van der Waals surface area (Å²) < 4.78 is 0. The Morgan fingerprint density at radius 1 is 1.28 bits per heavy atom. The van der Waals surface area contributed by atoms with Crippen molar-refractivity contribution in [3.8, 4) is 5.75 Å². The number of rotatable bonds is 3. The zero-order valence-corrected chi connectivity index (χ0v) is 12.2. The van der Waals surface area contributed by atoms with Crippen molar-refractivity contribution in [2.24, 2.45) is 0 Å². The van der Waals surface area contributed by atoms with Gasteiger partial charge in [0.2, 0.25) is 0 Å². The molecule has 0 fully saturated rings. The molecule has 2 rings (SSSR count). The maximum Gasteiger partial charge on any atom is 0.152 e. The molecule has 1 aromatic heterocycles. The van der Waals surface area contributed by atoms with Crippen LogP contribution in [0.1, 0.15) is 15.6 Å². The van der Waals surface area contributed by atoms with Crippen LogP contribution >= 0.6 is 34.5 Å². The van der Waals surface area contributed by atoms with Crippen LogP contribution in [0.3, 0.4) is 0 Å². The predicted octanol–water partition coefficient (Wildman–Crippen LogP) is 4.38. The Hall–Kier alpha value is -0.970. The smallest absolute Gasteiger partial charge is 0.152 e. The number of aryl methyl sites for hydroxylation is 2. The highest BCUT2D eigenvalue weighted by Gasteiger charge is 2.08. The Kier molecular flexibility index (Phi) is 4.00. The average Bonchev–Trinajstić information content (AvgIpc) is 2.62. The van der Waals surface area contributed by atoms with Crippen LogP contribution in [-0.2, 0) is 6.54 Å². The first-order valence-electron chi connectivity index (χ1n) is 5.32. The summed E-state index contributed by atoms with van der Waals surface area (Å²) in [6.45, 7) is 4.63. The number of nitrogens with one attached hydrogen (secondary N) is 1. The first kappa shape index (κ1) is 13.5. The monoisotopic (exact) mass is 302 g/mol. The fourth-order valence-electron chi connectivity index (χ4n) is 1.59. The first-order chi connectivity index (χ1) is 8.47. The van der Waals surface area contributed by atoms with Crippen LogP contribution in [0.4, 0.5) is 5.69 Å². The SMILES string of the molecule is Cc1nc(C)c(CNc2cc(Cl)c(O)c(Cl)c2)s1. The second-order valence-corrected chi connectivity index (χ2v) is 5.99. The second-order valence-electron chi connectivity index (χ2n) is 3.88. The molecule has 0 spiro atoms. The standard InChI is InChI=1S/C12H12Cl2N2OS/c1-6-11(18-7(2)16-6)5-15-8-3-9(13)12(17)10(14)4-8/h3-4,15,17H,5H2,1-2H3. The van der Waals surface area contributed by atoms with E-state index in [1.807, 2.05) is 13.8 Å². The van der Waals surface area contributed by atoms with Crippen molar-refractivity contribution >= 4 is 40.2 Å². The minimum atomic E-state index is -0.0892. The lowest BCUT2D eigenvalue weighted by Gasteiger charge is -2.08. The van der Waals surface area contributed by atoms with Crippen molar-refractivity contribution in [2.45, 2.75) is 20.4 Å². The summed E-state index contributed by atoms with van der Waals surface area (Å²) in [7, 11) is 0. The number of anilines is 1. The maximum absolute atomic E-state index is 9.46. The maximum atomic E-state index is 9.46. The molecule has 0 bridgehead atoms. The Balaban J connectivity index is 2.13. The Morgan fingerprint density at radius 2 is 1.89 bits per heavy atom. The van der Waals surface area contributed by atoms with Gasteiger partial charge in [-0.25, -0.2) is 4.98 Å². The molecule has 2 N–H and O–H groups in total. The van der Waals surface area contributed by atoms with Gasteiger partial charge in [-0.2, -0.15) is 0 Å². The van der Waals surface area contributed by atoms with Gasteiger partial charge < -0.3 is 10.4 Å². The number of nitrogens with zero attached hydrogens (tertiary/aromatic N) is 1. The third-order valence-electron chi connectivity index (χ3n) is 2.47. The van der Waals surface area contributed by atoms with E-state index in [0.717, 1.165) is 16.4 Å². The molecule has 0 aliphatic carbocycles. The summed E-state index contributed by atoms with van der Waals surface area (Å²) >= 11 is 13.4. The van der Waals surface area contributed by atoms with E-state index in [1.54, 1.807) is 23.5 Å². The molecule has 2 aromatic rings. The van der Waals surface area contributed by atoms with Crippen molar-refractivity contribution in [1.29, 1.82) is 0 Å². The van der Waals surface area contributed by atoms with E-state index in [1.165, 1.54) is 4.88 Å². The highest BCUT2D eigenvalue weighted by Crippen LogP contribution is 2.34. The van der Waals surface area contributed by atoms with Crippen molar-refractivity contribution in [3.63, 3.8) is 0 Å². The topological polar surface area (TPSA) is 45.2 Å². The van der Waals surface area contributed by atoms with Crippen LogP contribution in [0.15, 0.2) is 12.1 Å². The van der Waals surface area contributed by atoms with Crippen molar-refractivity contribution in [1.82, 2.24) is 4.98 Å². The summed E-state index contributed by atoms with van der Waals surface area (Å²) in [4.78, 5) is 5.53. The van der Waals surface area contributed by atoms with E-state index in [2.05, 4.69) is 10.3 Å². The normalized spacial score (nSPS) is 10.7. The molecule has 0 radical (unpaired) electrons. The lowest BCUT2D eigenvalue weighted by molar-refractivity contribution is 0.476. The molecular weight excluding hydrogens is 291 g/mol. The van der Waals surface area contributed by atoms with Crippen molar-refractivity contribution in [3.05, 3.63) is 37.8 Å². The molecule has 0 saturated carbocycles. The molecule has 0 unspecified atom stereocenters. The van der Waals surface area contributed by atoms with Gasteiger partial charge in [-0.1, -0.05) is 23.2 Å². The molecule has 0 saturated heterocycles. The molecule has 6 heteroatoms. The number of phenolic OH excluding ortho intramolecular Hbond substituents is 1. The number of phenols is 1. The zero-order valence-electron chi connectivity index (χ0n) is 9.92.